The first-order chi connectivity index (χ1) is 19.1. The molecular weight excluding hydrogens is 482 g/mol. The van der Waals surface area contributed by atoms with E-state index in [0.717, 1.165) is 71.2 Å². The summed E-state index contributed by atoms with van der Waals surface area (Å²) in [7, 11) is 2.03. The monoisotopic (exact) mass is 513 g/mol. The van der Waals surface area contributed by atoms with Gasteiger partial charge < -0.3 is 14.5 Å². The minimum Gasteiger partial charge on any atom is -0.350 e. The molecule has 5 aromatic rings. The summed E-state index contributed by atoms with van der Waals surface area (Å²) in [5.41, 5.74) is 7.69. The molecule has 3 aromatic heterocycles. The first kappa shape index (κ1) is 23.7. The second-order valence-corrected chi connectivity index (χ2v) is 10.6. The van der Waals surface area contributed by atoms with Crippen LogP contribution in [0.25, 0.3) is 33.0 Å². The Morgan fingerprint density at radius 2 is 1.54 bits per heavy atom. The van der Waals surface area contributed by atoms with Gasteiger partial charge in [0, 0.05) is 95.5 Å². The van der Waals surface area contributed by atoms with Crippen LogP contribution in [-0.4, -0.2) is 38.0 Å². The van der Waals surface area contributed by atoms with Gasteiger partial charge in [-0.25, -0.2) is 0 Å². The van der Waals surface area contributed by atoms with Crippen LogP contribution in [0, 0.1) is 0 Å². The fraction of sp³-hybridized carbons (Fsp3) is 0.212. The van der Waals surface area contributed by atoms with Crippen molar-refractivity contribution in [1.29, 1.82) is 0 Å². The fourth-order valence-corrected chi connectivity index (χ4v) is 6.40. The standard InChI is InChI=1S/C33H31N5O/c1-22-31(32(33(39)35-22)27-20-36(2)29-12-5-3-10-25(27)29)28-21-38(30-13-6-4-11-26(28)30)24-14-17-37(18-15-24)19-23-9-7-8-16-34-23/h3-13,16,20-21,24H,1,14-15,17-19H2,2H3,(H,35,39). The van der Waals surface area contributed by atoms with Gasteiger partial charge in [0.25, 0.3) is 5.91 Å². The van der Waals surface area contributed by atoms with E-state index in [-0.39, 0.29) is 5.91 Å². The van der Waals surface area contributed by atoms with E-state index in [1.807, 2.05) is 31.4 Å². The number of nitrogens with zero attached hydrogens (tertiary/aromatic N) is 4. The van der Waals surface area contributed by atoms with Gasteiger partial charge in [-0.05, 0) is 37.1 Å². The Labute approximate surface area is 227 Å². The Morgan fingerprint density at radius 1 is 0.872 bits per heavy atom. The number of amides is 1. The molecule has 194 valence electrons. The van der Waals surface area contributed by atoms with Crippen molar-refractivity contribution in [3.63, 3.8) is 0 Å². The van der Waals surface area contributed by atoms with Crippen LogP contribution in [0.2, 0.25) is 0 Å². The number of benzene rings is 2. The number of pyridine rings is 1. The fourth-order valence-electron chi connectivity index (χ4n) is 6.40. The normalized spacial score (nSPS) is 17.1. The summed E-state index contributed by atoms with van der Waals surface area (Å²) in [6.45, 7) is 7.23. The van der Waals surface area contributed by atoms with Gasteiger partial charge in [0.05, 0.1) is 11.3 Å². The lowest BCUT2D eigenvalue weighted by atomic mass is 9.95. The SMILES string of the molecule is C=C1NC(=O)C(c2cn(C)c3ccccc23)=C1c1cn(C2CCN(Cc3ccccn3)CC2)c2ccccc12. The molecule has 0 atom stereocenters. The molecule has 7 rings (SSSR count). The summed E-state index contributed by atoms with van der Waals surface area (Å²) in [5, 5.41) is 5.25. The maximum Gasteiger partial charge on any atom is 0.257 e. The average molecular weight is 514 g/mol. The van der Waals surface area contributed by atoms with E-state index >= 15 is 0 Å². The van der Waals surface area contributed by atoms with E-state index < -0.39 is 0 Å². The van der Waals surface area contributed by atoms with Gasteiger partial charge in [-0.3, -0.25) is 14.7 Å². The van der Waals surface area contributed by atoms with Crippen LogP contribution in [0.5, 0.6) is 0 Å². The lowest BCUT2D eigenvalue weighted by molar-refractivity contribution is -0.114. The molecular formula is C33H31N5O. The van der Waals surface area contributed by atoms with Crippen molar-refractivity contribution < 1.29 is 4.79 Å². The zero-order chi connectivity index (χ0) is 26.5. The number of rotatable bonds is 5. The molecule has 1 N–H and O–H groups in total. The van der Waals surface area contributed by atoms with Gasteiger partial charge >= 0.3 is 0 Å². The number of carbonyl (C=O) groups excluding carboxylic acids is 1. The Hall–Kier alpha value is -4.42. The van der Waals surface area contributed by atoms with Crippen LogP contribution in [0.1, 0.15) is 35.7 Å². The molecule has 5 heterocycles. The number of allylic oxidation sites excluding steroid dienone is 1. The molecule has 39 heavy (non-hydrogen) atoms. The molecule has 6 heteroatoms. The first-order valence-electron chi connectivity index (χ1n) is 13.6. The lowest BCUT2D eigenvalue weighted by Gasteiger charge is -2.33. The van der Waals surface area contributed by atoms with Crippen LogP contribution < -0.4 is 5.32 Å². The van der Waals surface area contributed by atoms with Crippen LogP contribution in [0.3, 0.4) is 0 Å². The molecule has 0 spiro atoms. The number of fused-ring (bicyclic) bond motifs is 2. The summed E-state index contributed by atoms with van der Waals surface area (Å²) in [6.07, 6.45) is 8.33. The minimum absolute atomic E-state index is 0.0917. The molecule has 0 saturated carbocycles. The topological polar surface area (TPSA) is 55.1 Å². The van der Waals surface area contributed by atoms with Gasteiger partial charge in [-0.15, -0.1) is 0 Å². The van der Waals surface area contributed by atoms with Crippen molar-refractivity contribution in [2.24, 2.45) is 7.05 Å². The molecule has 0 bridgehead atoms. The molecule has 0 unspecified atom stereocenters. The molecule has 2 aliphatic rings. The molecule has 6 nitrogen and oxygen atoms in total. The van der Waals surface area contributed by atoms with E-state index in [2.05, 4.69) is 91.8 Å². The van der Waals surface area contributed by atoms with E-state index in [0.29, 0.717) is 17.3 Å². The van der Waals surface area contributed by atoms with Crippen molar-refractivity contribution in [1.82, 2.24) is 24.3 Å². The summed E-state index contributed by atoms with van der Waals surface area (Å²) in [6, 6.07) is 23.3. The minimum atomic E-state index is -0.0917. The lowest BCUT2D eigenvalue weighted by Crippen LogP contribution is -2.34. The zero-order valence-corrected chi connectivity index (χ0v) is 22.1. The van der Waals surface area contributed by atoms with Crippen LogP contribution >= 0.6 is 0 Å². The highest BCUT2D eigenvalue weighted by molar-refractivity contribution is 6.36. The predicted octanol–water partition coefficient (Wildman–Crippen LogP) is 5.92. The molecule has 1 fully saturated rings. The third-order valence-corrected chi connectivity index (χ3v) is 8.28. The number of hydrogen-bond donors (Lipinski definition) is 1. The van der Waals surface area contributed by atoms with E-state index in [9.17, 15) is 4.79 Å². The van der Waals surface area contributed by atoms with Crippen molar-refractivity contribution in [2.75, 3.05) is 13.1 Å². The molecule has 2 aliphatic heterocycles. The molecule has 1 saturated heterocycles. The number of carbonyl (C=O) groups is 1. The Bertz CT molecular complexity index is 1770. The van der Waals surface area contributed by atoms with Gasteiger partial charge in [0.1, 0.15) is 0 Å². The second-order valence-electron chi connectivity index (χ2n) is 10.6. The number of hydrogen-bond acceptors (Lipinski definition) is 3. The van der Waals surface area contributed by atoms with Crippen molar-refractivity contribution >= 4 is 38.9 Å². The summed E-state index contributed by atoms with van der Waals surface area (Å²) in [5.74, 6) is -0.0917. The van der Waals surface area contributed by atoms with Crippen LogP contribution in [0.15, 0.2) is 97.6 Å². The number of nitrogens with one attached hydrogen (secondary N) is 1. The maximum absolute atomic E-state index is 13.4. The van der Waals surface area contributed by atoms with Crippen molar-refractivity contribution in [3.8, 4) is 0 Å². The molecule has 2 aromatic carbocycles. The maximum atomic E-state index is 13.4. The molecule has 0 radical (unpaired) electrons. The predicted molar refractivity (Wildman–Crippen MR) is 157 cm³/mol. The molecule has 0 aliphatic carbocycles. The number of para-hydroxylation sites is 2. The van der Waals surface area contributed by atoms with E-state index in [1.165, 1.54) is 5.52 Å². The largest absolute Gasteiger partial charge is 0.350 e. The number of piperidine rings is 1. The highest BCUT2D eigenvalue weighted by Gasteiger charge is 2.32. The highest BCUT2D eigenvalue weighted by atomic mass is 16.2. The number of aryl methyl sites for hydroxylation is 1. The van der Waals surface area contributed by atoms with Gasteiger partial charge in [0.2, 0.25) is 0 Å². The average Bonchev–Trinajstić information content (AvgIpc) is 3.60. The van der Waals surface area contributed by atoms with Gasteiger partial charge in [-0.2, -0.15) is 0 Å². The highest BCUT2D eigenvalue weighted by Crippen LogP contribution is 2.42. The van der Waals surface area contributed by atoms with Crippen LogP contribution in [-0.2, 0) is 18.4 Å². The summed E-state index contributed by atoms with van der Waals surface area (Å²) in [4.78, 5) is 20.4. The third kappa shape index (κ3) is 3.99. The van der Waals surface area contributed by atoms with Crippen molar-refractivity contribution in [2.45, 2.75) is 25.4 Å². The first-order valence-corrected chi connectivity index (χ1v) is 13.6. The Kier molecular flexibility index (Phi) is 5.71. The van der Waals surface area contributed by atoms with Gasteiger partial charge in [0.15, 0.2) is 0 Å². The Morgan fingerprint density at radius 3 is 2.28 bits per heavy atom. The van der Waals surface area contributed by atoms with E-state index in [1.54, 1.807) is 0 Å². The Balaban J connectivity index is 1.29. The van der Waals surface area contributed by atoms with Crippen LogP contribution in [0.4, 0.5) is 0 Å². The number of likely N-dealkylation sites (tertiary alicyclic amines) is 1. The summed E-state index contributed by atoms with van der Waals surface area (Å²) < 4.78 is 4.53. The molecule has 1 amide bonds. The second kappa shape index (κ2) is 9.40. The smallest absolute Gasteiger partial charge is 0.257 e. The van der Waals surface area contributed by atoms with E-state index in [4.69, 9.17) is 0 Å². The van der Waals surface area contributed by atoms with Crippen molar-refractivity contribution in [3.05, 3.63) is 114 Å². The quantitative estimate of drug-likeness (QED) is 0.317. The summed E-state index contributed by atoms with van der Waals surface area (Å²) >= 11 is 0. The zero-order valence-electron chi connectivity index (χ0n) is 22.1. The third-order valence-electron chi connectivity index (χ3n) is 8.28. The number of aromatic nitrogens is 3. The van der Waals surface area contributed by atoms with Gasteiger partial charge in [-0.1, -0.05) is 49.0 Å².